The molecule has 0 aromatic heterocycles. The SMILES string of the molecule is CC1=CC(Cl)=C(C)CC1. The molecule has 0 atom stereocenters. The van der Waals surface area contributed by atoms with Gasteiger partial charge in [0.25, 0.3) is 0 Å². The first-order chi connectivity index (χ1) is 4.20. The third-order valence-electron chi connectivity index (χ3n) is 1.68. The zero-order chi connectivity index (χ0) is 6.85. The second kappa shape index (κ2) is 2.57. The topological polar surface area (TPSA) is 0 Å². The van der Waals surface area contributed by atoms with Crippen molar-refractivity contribution in [3.8, 4) is 0 Å². The highest BCUT2D eigenvalue weighted by molar-refractivity contribution is 6.31. The summed E-state index contributed by atoms with van der Waals surface area (Å²) in [5, 5.41) is 0.943. The Morgan fingerprint density at radius 3 is 2.44 bits per heavy atom. The molecule has 1 rings (SSSR count). The Balaban J connectivity index is 2.83. The first kappa shape index (κ1) is 6.88. The van der Waals surface area contributed by atoms with Gasteiger partial charge in [0, 0.05) is 5.03 Å². The van der Waals surface area contributed by atoms with Crippen molar-refractivity contribution in [2.24, 2.45) is 0 Å². The van der Waals surface area contributed by atoms with Gasteiger partial charge in [-0.05, 0) is 32.8 Å². The van der Waals surface area contributed by atoms with E-state index in [1.165, 1.54) is 17.6 Å². The molecule has 0 unspecified atom stereocenters. The van der Waals surface area contributed by atoms with Crippen molar-refractivity contribution in [3.63, 3.8) is 0 Å². The molecule has 0 heterocycles. The van der Waals surface area contributed by atoms with Crippen LogP contribution in [0.5, 0.6) is 0 Å². The van der Waals surface area contributed by atoms with Crippen LogP contribution >= 0.6 is 11.6 Å². The van der Waals surface area contributed by atoms with Crippen LogP contribution in [0, 0.1) is 0 Å². The summed E-state index contributed by atoms with van der Waals surface area (Å²) < 4.78 is 0. The van der Waals surface area contributed by atoms with Crippen LogP contribution in [-0.4, -0.2) is 0 Å². The van der Waals surface area contributed by atoms with Crippen LogP contribution in [0.4, 0.5) is 0 Å². The van der Waals surface area contributed by atoms with E-state index in [2.05, 4.69) is 19.9 Å². The molecule has 0 N–H and O–H groups in total. The molecule has 1 heteroatoms. The van der Waals surface area contributed by atoms with Crippen molar-refractivity contribution in [1.29, 1.82) is 0 Å². The summed E-state index contributed by atoms with van der Waals surface area (Å²) in [6.45, 7) is 4.21. The minimum Gasteiger partial charge on any atom is -0.0844 e. The van der Waals surface area contributed by atoms with Crippen LogP contribution in [0.25, 0.3) is 0 Å². The molecule has 0 aromatic carbocycles. The molecule has 0 amide bonds. The Labute approximate surface area is 61.2 Å². The normalized spacial score (nSPS) is 20.1. The van der Waals surface area contributed by atoms with E-state index in [0.717, 1.165) is 11.5 Å². The van der Waals surface area contributed by atoms with Gasteiger partial charge in [0.15, 0.2) is 0 Å². The summed E-state index contributed by atoms with van der Waals surface area (Å²) in [6.07, 6.45) is 4.38. The predicted molar refractivity (Wildman–Crippen MR) is 41.5 cm³/mol. The molecule has 1 aliphatic rings. The molecule has 1 aliphatic carbocycles. The highest BCUT2D eigenvalue weighted by Crippen LogP contribution is 2.25. The number of allylic oxidation sites excluding steroid dienone is 4. The van der Waals surface area contributed by atoms with Gasteiger partial charge in [-0.15, -0.1) is 0 Å². The lowest BCUT2D eigenvalue weighted by Crippen LogP contribution is -1.89. The highest BCUT2D eigenvalue weighted by atomic mass is 35.5. The number of hydrogen-bond donors (Lipinski definition) is 0. The standard InChI is InChI=1S/C8H11Cl/c1-6-3-4-7(2)8(9)5-6/h5H,3-4H2,1-2H3. The summed E-state index contributed by atoms with van der Waals surface area (Å²) in [7, 11) is 0. The van der Waals surface area contributed by atoms with E-state index in [-0.39, 0.29) is 0 Å². The first-order valence-electron chi connectivity index (χ1n) is 3.22. The molecule has 0 aromatic rings. The van der Waals surface area contributed by atoms with E-state index in [0.29, 0.717) is 0 Å². The maximum atomic E-state index is 5.87. The molecule has 50 valence electrons. The van der Waals surface area contributed by atoms with Crippen LogP contribution in [0.3, 0.4) is 0 Å². The van der Waals surface area contributed by atoms with Gasteiger partial charge in [0.2, 0.25) is 0 Å². The first-order valence-corrected chi connectivity index (χ1v) is 3.60. The molecular formula is C8H11Cl. The quantitative estimate of drug-likeness (QED) is 0.487. The second-order valence-electron chi connectivity index (χ2n) is 2.62. The van der Waals surface area contributed by atoms with Crippen LogP contribution < -0.4 is 0 Å². The highest BCUT2D eigenvalue weighted by Gasteiger charge is 2.03. The van der Waals surface area contributed by atoms with Crippen LogP contribution in [0.1, 0.15) is 26.7 Å². The number of halogens is 1. The van der Waals surface area contributed by atoms with Crippen molar-refractivity contribution in [2.75, 3.05) is 0 Å². The van der Waals surface area contributed by atoms with Crippen molar-refractivity contribution in [1.82, 2.24) is 0 Å². The maximum Gasteiger partial charge on any atom is 0.0394 e. The smallest absolute Gasteiger partial charge is 0.0394 e. The summed E-state index contributed by atoms with van der Waals surface area (Å²) in [6, 6.07) is 0. The fraction of sp³-hybridized carbons (Fsp3) is 0.500. The average Bonchev–Trinajstić information content (AvgIpc) is 1.80. The molecule has 0 radical (unpaired) electrons. The summed E-state index contributed by atoms with van der Waals surface area (Å²) in [5.74, 6) is 0. The van der Waals surface area contributed by atoms with Crippen LogP contribution in [0.15, 0.2) is 22.3 Å². The van der Waals surface area contributed by atoms with Crippen LogP contribution in [-0.2, 0) is 0 Å². The van der Waals surface area contributed by atoms with E-state index in [4.69, 9.17) is 11.6 Å². The van der Waals surface area contributed by atoms with E-state index < -0.39 is 0 Å². The molecule has 0 bridgehead atoms. The third-order valence-corrected chi connectivity index (χ3v) is 2.11. The Morgan fingerprint density at radius 2 is 2.00 bits per heavy atom. The van der Waals surface area contributed by atoms with Crippen molar-refractivity contribution >= 4 is 11.6 Å². The third kappa shape index (κ3) is 1.59. The van der Waals surface area contributed by atoms with Gasteiger partial charge < -0.3 is 0 Å². The molecule has 9 heavy (non-hydrogen) atoms. The van der Waals surface area contributed by atoms with Crippen molar-refractivity contribution in [2.45, 2.75) is 26.7 Å². The minimum absolute atomic E-state index is 0.943. The van der Waals surface area contributed by atoms with E-state index in [9.17, 15) is 0 Å². The Kier molecular flexibility index (Phi) is 1.97. The lowest BCUT2D eigenvalue weighted by atomic mass is 10.0. The second-order valence-corrected chi connectivity index (χ2v) is 3.03. The zero-order valence-corrected chi connectivity index (χ0v) is 6.63. The Morgan fingerprint density at radius 1 is 1.33 bits per heavy atom. The van der Waals surface area contributed by atoms with E-state index >= 15 is 0 Å². The van der Waals surface area contributed by atoms with Gasteiger partial charge in [0.1, 0.15) is 0 Å². The molecule has 0 fully saturated rings. The molecule has 0 spiro atoms. The molecule has 0 nitrogen and oxygen atoms in total. The Bertz CT molecular complexity index is 175. The zero-order valence-electron chi connectivity index (χ0n) is 5.87. The van der Waals surface area contributed by atoms with Crippen molar-refractivity contribution in [3.05, 3.63) is 22.3 Å². The summed E-state index contributed by atoms with van der Waals surface area (Å²) >= 11 is 5.87. The van der Waals surface area contributed by atoms with Gasteiger partial charge in [-0.3, -0.25) is 0 Å². The number of rotatable bonds is 0. The monoisotopic (exact) mass is 142 g/mol. The lowest BCUT2D eigenvalue weighted by Gasteiger charge is -2.09. The largest absolute Gasteiger partial charge is 0.0844 e. The van der Waals surface area contributed by atoms with E-state index in [1.54, 1.807) is 0 Å². The van der Waals surface area contributed by atoms with Gasteiger partial charge >= 0.3 is 0 Å². The molecule has 0 saturated carbocycles. The molecule has 0 aliphatic heterocycles. The van der Waals surface area contributed by atoms with Gasteiger partial charge in [-0.1, -0.05) is 22.7 Å². The predicted octanol–water partition coefficient (Wildman–Crippen LogP) is 3.24. The van der Waals surface area contributed by atoms with Gasteiger partial charge in [0.05, 0.1) is 0 Å². The fourth-order valence-electron chi connectivity index (χ4n) is 0.916. The van der Waals surface area contributed by atoms with Crippen molar-refractivity contribution < 1.29 is 0 Å². The summed E-state index contributed by atoms with van der Waals surface area (Å²) in [4.78, 5) is 0. The number of hydrogen-bond acceptors (Lipinski definition) is 0. The fourth-order valence-corrected chi connectivity index (χ4v) is 1.20. The average molecular weight is 143 g/mol. The summed E-state index contributed by atoms with van der Waals surface area (Å²) in [5.41, 5.74) is 2.72. The molecular weight excluding hydrogens is 132 g/mol. The van der Waals surface area contributed by atoms with E-state index in [1.807, 2.05) is 0 Å². The minimum atomic E-state index is 0.943. The van der Waals surface area contributed by atoms with Crippen LogP contribution in [0.2, 0.25) is 0 Å². The molecule has 0 saturated heterocycles. The Hall–Kier alpha value is -0.230. The lowest BCUT2D eigenvalue weighted by molar-refractivity contribution is 0.901. The maximum absolute atomic E-state index is 5.87. The van der Waals surface area contributed by atoms with Gasteiger partial charge in [-0.25, -0.2) is 0 Å². The van der Waals surface area contributed by atoms with Gasteiger partial charge in [-0.2, -0.15) is 0 Å².